The maximum absolute atomic E-state index is 12.4. The molecule has 0 saturated heterocycles. The number of hydrogen-bond donors (Lipinski definition) is 2. The fourth-order valence-electron chi connectivity index (χ4n) is 5.55. The standard InChI is InChI=1S/C28H33N5O5S/c1-5-27(3,29)21-14-31-25(38-16-10-17(11-16)39(4,35)36)20-13-30-23(12-19(20)21)32-22-7-6-18-24(33-22)28(8-9-28)15(2)37-26(18)34/h6-7,12-17H,5,8-11,29H2,1-4H3,(H,30,32,33)/t15-,16?,17?,27?/m0/s1. The van der Waals surface area contributed by atoms with Gasteiger partial charge in [-0.3, -0.25) is 0 Å². The molecule has 0 bridgehead atoms. The van der Waals surface area contributed by atoms with Crippen molar-refractivity contribution in [1.82, 2.24) is 15.0 Å². The van der Waals surface area contributed by atoms with Crippen LogP contribution in [0.2, 0.25) is 0 Å². The van der Waals surface area contributed by atoms with E-state index < -0.39 is 15.4 Å². The van der Waals surface area contributed by atoms with Crippen molar-refractivity contribution in [3.05, 3.63) is 47.4 Å². The first-order valence-corrected chi connectivity index (χ1v) is 15.3. The Morgan fingerprint density at radius 2 is 1.92 bits per heavy atom. The van der Waals surface area contributed by atoms with Crippen LogP contribution in [0.25, 0.3) is 10.8 Å². The number of nitrogens with two attached hydrogens (primary N) is 1. The average molecular weight is 552 g/mol. The van der Waals surface area contributed by atoms with Gasteiger partial charge in [-0.15, -0.1) is 0 Å². The van der Waals surface area contributed by atoms with Crippen molar-refractivity contribution in [3.63, 3.8) is 0 Å². The summed E-state index contributed by atoms with van der Waals surface area (Å²) in [6.07, 6.45) is 7.73. The lowest BCUT2D eigenvalue weighted by Gasteiger charge is -2.34. The van der Waals surface area contributed by atoms with Crippen molar-refractivity contribution in [2.45, 2.75) is 81.3 Å². The zero-order valence-electron chi connectivity index (χ0n) is 22.5. The number of aromatic nitrogens is 3. The van der Waals surface area contributed by atoms with Crippen LogP contribution in [0.1, 0.15) is 74.5 Å². The number of carbonyl (C=O) groups excluding carboxylic acids is 1. The van der Waals surface area contributed by atoms with E-state index in [-0.39, 0.29) is 28.8 Å². The molecule has 3 aliphatic rings. The number of anilines is 2. The fraction of sp³-hybridized carbons (Fsp3) is 0.500. The van der Waals surface area contributed by atoms with Gasteiger partial charge in [0.05, 0.1) is 27.3 Å². The van der Waals surface area contributed by atoms with Gasteiger partial charge in [0.25, 0.3) is 0 Å². The minimum Gasteiger partial charge on any atom is -0.474 e. The second-order valence-corrected chi connectivity index (χ2v) is 13.8. The third-order valence-corrected chi connectivity index (χ3v) is 10.3. The summed E-state index contributed by atoms with van der Waals surface area (Å²) in [5.74, 6) is 1.23. The van der Waals surface area contributed by atoms with E-state index in [0.717, 1.165) is 29.5 Å². The monoisotopic (exact) mass is 551 g/mol. The van der Waals surface area contributed by atoms with Crippen molar-refractivity contribution in [2.75, 3.05) is 11.6 Å². The highest BCUT2D eigenvalue weighted by molar-refractivity contribution is 7.91. The smallest absolute Gasteiger partial charge is 0.340 e. The average Bonchev–Trinajstić information content (AvgIpc) is 3.66. The molecule has 6 rings (SSSR count). The molecule has 2 saturated carbocycles. The fourth-order valence-corrected chi connectivity index (χ4v) is 6.68. The van der Waals surface area contributed by atoms with Gasteiger partial charge in [0.2, 0.25) is 5.88 Å². The molecule has 0 amide bonds. The summed E-state index contributed by atoms with van der Waals surface area (Å²) >= 11 is 0. The molecule has 11 heteroatoms. The second-order valence-electron chi connectivity index (χ2n) is 11.4. The number of sulfone groups is 1. The minimum atomic E-state index is -3.08. The first-order valence-electron chi connectivity index (χ1n) is 13.3. The zero-order valence-corrected chi connectivity index (χ0v) is 23.3. The Hall–Kier alpha value is -3.31. The van der Waals surface area contributed by atoms with Crippen molar-refractivity contribution in [3.8, 4) is 5.88 Å². The molecule has 2 fully saturated rings. The molecule has 0 aromatic carbocycles. The molecule has 1 spiro atoms. The number of pyridine rings is 3. The number of fused-ring (bicyclic) bond motifs is 3. The van der Waals surface area contributed by atoms with Crippen LogP contribution < -0.4 is 15.8 Å². The normalized spacial score (nSPS) is 24.8. The van der Waals surface area contributed by atoms with Gasteiger partial charge in [0, 0.05) is 37.0 Å². The highest BCUT2D eigenvalue weighted by Gasteiger charge is 2.56. The highest BCUT2D eigenvalue weighted by atomic mass is 32.2. The first kappa shape index (κ1) is 25.9. The maximum Gasteiger partial charge on any atom is 0.340 e. The predicted octanol–water partition coefficient (Wildman–Crippen LogP) is 3.90. The van der Waals surface area contributed by atoms with E-state index in [0.29, 0.717) is 47.7 Å². The van der Waals surface area contributed by atoms with Gasteiger partial charge in [0.1, 0.15) is 23.8 Å². The number of rotatable bonds is 7. The Bertz CT molecular complexity index is 1600. The summed E-state index contributed by atoms with van der Waals surface area (Å²) in [7, 11) is -3.08. The van der Waals surface area contributed by atoms with Gasteiger partial charge in [-0.05, 0) is 62.3 Å². The lowest BCUT2D eigenvalue weighted by Crippen LogP contribution is -2.42. The second kappa shape index (κ2) is 8.85. The molecule has 206 valence electrons. The van der Waals surface area contributed by atoms with Crippen LogP contribution in [0.3, 0.4) is 0 Å². The number of nitrogens with zero attached hydrogens (tertiary/aromatic N) is 3. The van der Waals surface area contributed by atoms with Gasteiger partial charge in [0.15, 0.2) is 9.84 Å². The van der Waals surface area contributed by atoms with Crippen LogP contribution in [-0.4, -0.2) is 53.1 Å². The Labute approximate surface area is 227 Å². The van der Waals surface area contributed by atoms with Crippen molar-refractivity contribution >= 4 is 38.2 Å². The molecule has 10 nitrogen and oxygen atoms in total. The SMILES string of the molecule is CCC(C)(N)c1cnc(OC2CC(S(C)(=O)=O)C2)c2cnc(Nc3ccc4c(n3)C3(CC3)[C@H](C)OC4=O)cc12. The Kier molecular flexibility index (Phi) is 5.89. The number of esters is 1. The molecule has 4 heterocycles. The molecule has 1 unspecified atom stereocenters. The molecule has 2 aliphatic carbocycles. The van der Waals surface area contributed by atoms with E-state index in [9.17, 15) is 13.2 Å². The summed E-state index contributed by atoms with van der Waals surface area (Å²) < 4.78 is 35.3. The Morgan fingerprint density at radius 1 is 1.18 bits per heavy atom. The topological polar surface area (TPSA) is 146 Å². The van der Waals surface area contributed by atoms with Crippen molar-refractivity contribution in [2.24, 2.45) is 5.73 Å². The quantitative estimate of drug-likeness (QED) is 0.415. The number of hydrogen-bond acceptors (Lipinski definition) is 10. The Morgan fingerprint density at radius 3 is 2.59 bits per heavy atom. The van der Waals surface area contributed by atoms with Crippen LogP contribution in [0.5, 0.6) is 5.88 Å². The number of carbonyl (C=O) groups is 1. The van der Waals surface area contributed by atoms with Gasteiger partial charge < -0.3 is 20.5 Å². The zero-order chi connectivity index (χ0) is 27.7. The van der Waals surface area contributed by atoms with Crippen molar-refractivity contribution < 1.29 is 22.7 Å². The lowest BCUT2D eigenvalue weighted by molar-refractivity contribution is 0.0183. The lowest BCUT2D eigenvalue weighted by atomic mass is 9.88. The molecule has 39 heavy (non-hydrogen) atoms. The molecule has 0 radical (unpaired) electrons. The summed E-state index contributed by atoms with van der Waals surface area (Å²) in [5, 5.41) is 4.47. The van der Waals surface area contributed by atoms with E-state index in [1.54, 1.807) is 24.5 Å². The summed E-state index contributed by atoms with van der Waals surface area (Å²) in [6, 6.07) is 5.43. The van der Waals surface area contributed by atoms with Gasteiger partial charge in [-0.25, -0.2) is 28.2 Å². The maximum atomic E-state index is 12.4. The first-order chi connectivity index (χ1) is 18.4. The van der Waals surface area contributed by atoms with E-state index in [2.05, 4.69) is 15.3 Å². The summed E-state index contributed by atoms with van der Waals surface area (Å²) in [5.41, 5.74) is 7.97. The van der Waals surface area contributed by atoms with Crippen LogP contribution in [-0.2, 0) is 25.5 Å². The van der Waals surface area contributed by atoms with Crippen LogP contribution in [0.4, 0.5) is 11.6 Å². The summed E-state index contributed by atoms with van der Waals surface area (Å²) in [6.45, 7) is 5.91. The minimum absolute atomic E-state index is 0.202. The molecule has 3 N–H and O–H groups in total. The molecular formula is C28H33N5O5S. The third kappa shape index (κ3) is 4.41. The van der Waals surface area contributed by atoms with E-state index in [1.807, 2.05) is 26.8 Å². The van der Waals surface area contributed by atoms with Crippen LogP contribution in [0.15, 0.2) is 30.6 Å². The molecule has 1 aliphatic heterocycles. The molecule has 2 atom stereocenters. The number of cyclic esters (lactones) is 1. The van der Waals surface area contributed by atoms with Crippen molar-refractivity contribution in [1.29, 1.82) is 0 Å². The predicted molar refractivity (Wildman–Crippen MR) is 147 cm³/mol. The number of ether oxygens (including phenoxy) is 2. The molecule has 3 aromatic heterocycles. The van der Waals surface area contributed by atoms with E-state index in [1.165, 1.54) is 6.26 Å². The number of nitrogens with one attached hydrogen (secondary N) is 1. The molecule has 3 aromatic rings. The van der Waals surface area contributed by atoms with Crippen LogP contribution in [0, 0.1) is 0 Å². The Balaban J connectivity index is 1.34. The van der Waals surface area contributed by atoms with Crippen LogP contribution >= 0.6 is 0 Å². The summed E-state index contributed by atoms with van der Waals surface area (Å²) in [4.78, 5) is 26.4. The van der Waals surface area contributed by atoms with E-state index in [4.69, 9.17) is 20.2 Å². The largest absolute Gasteiger partial charge is 0.474 e. The highest BCUT2D eigenvalue weighted by Crippen LogP contribution is 2.54. The van der Waals surface area contributed by atoms with Gasteiger partial charge >= 0.3 is 5.97 Å². The molecular weight excluding hydrogens is 518 g/mol. The van der Waals surface area contributed by atoms with Gasteiger partial charge in [-0.2, -0.15) is 0 Å². The van der Waals surface area contributed by atoms with Gasteiger partial charge in [-0.1, -0.05) is 6.92 Å². The van der Waals surface area contributed by atoms with E-state index >= 15 is 0 Å². The third-order valence-electron chi connectivity index (χ3n) is 8.71.